The van der Waals surface area contributed by atoms with E-state index in [1.807, 2.05) is 36.4 Å². The number of anilines is 1. The van der Waals surface area contributed by atoms with Crippen molar-refractivity contribution in [1.29, 1.82) is 5.26 Å². The number of amides is 1. The van der Waals surface area contributed by atoms with Crippen molar-refractivity contribution >= 4 is 11.6 Å². The number of carbonyl (C=O) groups is 1. The molecule has 2 aromatic carbocycles. The molecular weight excluding hydrogens is 356 g/mol. The first-order valence-corrected chi connectivity index (χ1v) is 8.74. The van der Waals surface area contributed by atoms with Crippen LogP contribution in [0.3, 0.4) is 0 Å². The second kappa shape index (κ2) is 7.84. The first-order chi connectivity index (χ1) is 13.4. The van der Waals surface area contributed by atoms with Gasteiger partial charge in [0.2, 0.25) is 0 Å². The standard InChI is InChI=1S/C21H20N4O3/c1-14-19(21(27)25(24(14)3)17-7-5-4-6-8-17)23-20(26)15(2)28-18-11-9-16(13-22)10-12-18/h4-12,15H,1-3H3,(H,23,26)/t15-/m0/s1. The predicted molar refractivity (Wildman–Crippen MR) is 106 cm³/mol. The molecule has 0 saturated carbocycles. The number of para-hydroxylation sites is 1. The number of carbonyl (C=O) groups excluding carboxylic acids is 1. The summed E-state index contributed by atoms with van der Waals surface area (Å²) in [6.07, 6.45) is -0.822. The van der Waals surface area contributed by atoms with Gasteiger partial charge in [0.25, 0.3) is 11.5 Å². The average Bonchev–Trinajstić information content (AvgIpc) is 2.92. The number of nitrogens with one attached hydrogen (secondary N) is 1. The zero-order valence-corrected chi connectivity index (χ0v) is 15.8. The molecule has 1 N–H and O–H groups in total. The number of nitrogens with zero attached hydrogens (tertiary/aromatic N) is 3. The quantitative estimate of drug-likeness (QED) is 0.741. The first-order valence-electron chi connectivity index (χ1n) is 8.74. The second-order valence-corrected chi connectivity index (χ2v) is 6.32. The smallest absolute Gasteiger partial charge is 0.295 e. The maximum atomic E-state index is 12.9. The lowest BCUT2D eigenvalue weighted by Crippen LogP contribution is -2.32. The maximum Gasteiger partial charge on any atom is 0.295 e. The van der Waals surface area contributed by atoms with Crippen LogP contribution < -0.4 is 15.6 Å². The number of aromatic nitrogens is 2. The molecule has 0 saturated heterocycles. The molecule has 0 aliphatic rings. The third-order valence-corrected chi connectivity index (χ3v) is 4.47. The van der Waals surface area contributed by atoms with Crippen LogP contribution in [0.5, 0.6) is 5.75 Å². The molecule has 0 unspecified atom stereocenters. The summed E-state index contributed by atoms with van der Waals surface area (Å²) in [5.74, 6) is 0.0310. The summed E-state index contributed by atoms with van der Waals surface area (Å²) < 4.78 is 8.80. The van der Waals surface area contributed by atoms with Crippen molar-refractivity contribution in [2.45, 2.75) is 20.0 Å². The number of benzene rings is 2. The molecule has 0 aliphatic carbocycles. The molecule has 142 valence electrons. The van der Waals surface area contributed by atoms with E-state index in [4.69, 9.17) is 10.00 Å². The number of ether oxygens (including phenoxy) is 1. The van der Waals surface area contributed by atoms with Gasteiger partial charge in [-0.3, -0.25) is 14.3 Å². The van der Waals surface area contributed by atoms with E-state index >= 15 is 0 Å². The zero-order valence-electron chi connectivity index (χ0n) is 15.8. The normalized spacial score (nSPS) is 11.5. The molecule has 3 aromatic rings. The van der Waals surface area contributed by atoms with Crippen LogP contribution in [0.2, 0.25) is 0 Å². The predicted octanol–water partition coefficient (Wildman–Crippen LogP) is 2.76. The van der Waals surface area contributed by atoms with Gasteiger partial charge in [-0.15, -0.1) is 0 Å². The molecule has 7 nitrogen and oxygen atoms in total. The minimum absolute atomic E-state index is 0.214. The molecular formula is C21H20N4O3. The van der Waals surface area contributed by atoms with Gasteiger partial charge in [0.1, 0.15) is 11.4 Å². The van der Waals surface area contributed by atoms with E-state index in [1.165, 1.54) is 4.68 Å². The van der Waals surface area contributed by atoms with E-state index < -0.39 is 12.0 Å². The first kappa shape index (κ1) is 19.0. The fraction of sp³-hybridized carbons (Fsp3) is 0.190. The van der Waals surface area contributed by atoms with Crippen molar-refractivity contribution in [1.82, 2.24) is 9.36 Å². The van der Waals surface area contributed by atoms with E-state index in [-0.39, 0.29) is 11.2 Å². The van der Waals surface area contributed by atoms with Crippen LogP contribution in [0.25, 0.3) is 5.69 Å². The van der Waals surface area contributed by atoms with Crippen LogP contribution in [0.1, 0.15) is 18.2 Å². The summed E-state index contributed by atoms with van der Waals surface area (Å²) in [7, 11) is 1.76. The Bertz CT molecular complexity index is 1090. The molecule has 0 aliphatic heterocycles. The van der Waals surface area contributed by atoms with Crippen LogP contribution in [0.4, 0.5) is 5.69 Å². The van der Waals surface area contributed by atoms with Crippen LogP contribution in [0.15, 0.2) is 59.4 Å². The number of hydrogen-bond acceptors (Lipinski definition) is 4. The summed E-state index contributed by atoms with van der Waals surface area (Å²) in [6, 6.07) is 17.7. The third kappa shape index (κ3) is 3.67. The highest BCUT2D eigenvalue weighted by Gasteiger charge is 2.21. The fourth-order valence-corrected chi connectivity index (χ4v) is 2.80. The second-order valence-electron chi connectivity index (χ2n) is 6.32. The third-order valence-electron chi connectivity index (χ3n) is 4.47. The monoisotopic (exact) mass is 376 g/mol. The van der Waals surface area contributed by atoms with Gasteiger partial charge in [-0.25, -0.2) is 4.68 Å². The van der Waals surface area contributed by atoms with E-state index in [1.54, 1.807) is 49.8 Å². The summed E-state index contributed by atoms with van der Waals surface area (Å²) in [6.45, 7) is 3.37. The Morgan fingerprint density at radius 1 is 1.14 bits per heavy atom. The lowest BCUT2D eigenvalue weighted by molar-refractivity contribution is -0.122. The molecule has 1 aromatic heterocycles. The molecule has 1 atom stereocenters. The Morgan fingerprint density at radius 2 is 1.79 bits per heavy atom. The number of nitriles is 1. The molecule has 1 heterocycles. The van der Waals surface area contributed by atoms with Gasteiger partial charge in [0.15, 0.2) is 6.10 Å². The van der Waals surface area contributed by atoms with E-state index in [0.717, 1.165) is 0 Å². The fourth-order valence-electron chi connectivity index (χ4n) is 2.80. The van der Waals surface area contributed by atoms with Crippen LogP contribution in [0, 0.1) is 18.3 Å². The van der Waals surface area contributed by atoms with Crippen molar-refractivity contribution < 1.29 is 9.53 Å². The highest BCUT2D eigenvalue weighted by Crippen LogP contribution is 2.16. The summed E-state index contributed by atoms with van der Waals surface area (Å²) in [5, 5.41) is 11.5. The highest BCUT2D eigenvalue weighted by molar-refractivity contribution is 5.94. The largest absolute Gasteiger partial charge is 0.481 e. The lowest BCUT2D eigenvalue weighted by atomic mass is 10.2. The minimum Gasteiger partial charge on any atom is -0.481 e. The van der Waals surface area contributed by atoms with Crippen molar-refractivity contribution in [3.63, 3.8) is 0 Å². The van der Waals surface area contributed by atoms with E-state index in [9.17, 15) is 9.59 Å². The van der Waals surface area contributed by atoms with Gasteiger partial charge < -0.3 is 10.1 Å². The molecule has 0 bridgehead atoms. The van der Waals surface area contributed by atoms with Gasteiger partial charge in [-0.2, -0.15) is 5.26 Å². The van der Waals surface area contributed by atoms with Crippen LogP contribution >= 0.6 is 0 Å². The Kier molecular flexibility index (Phi) is 5.32. The van der Waals surface area contributed by atoms with Crippen molar-refractivity contribution in [3.8, 4) is 17.5 Å². The Morgan fingerprint density at radius 3 is 2.39 bits per heavy atom. The highest BCUT2D eigenvalue weighted by atomic mass is 16.5. The maximum absolute atomic E-state index is 12.9. The Hall–Kier alpha value is -3.79. The molecule has 0 fully saturated rings. The van der Waals surface area contributed by atoms with Crippen LogP contribution in [-0.2, 0) is 11.8 Å². The molecule has 28 heavy (non-hydrogen) atoms. The molecule has 7 heteroatoms. The van der Waals surface area contributed by atoms with Gasteiger partial charge in [-0.05, 0) is 50.2 Å². The topological polar surface area (TPSA) is 89.1 Å². The van der Waals surface area contributed by atoms with Gasteiger partial charge in [-0.1, -0.05) is 18.2 Å². The summed E-state index contributed by atoms with van der Waals surface area (Å²) in [4.78, 5) is 25.4. The SMILES string of the molecule is Cc1c(NC(=O)[C@H](C)Oc2ccc(C#N)cc2)c(=O)n(-c2ccccc2)n1C. The molecule has 1 amide bonds. The minimum atomic E-state index is -0.822. The molecule has 0 radical (unpaired) electrons. The zero-order chi connectivity index (χ0) is 20.3. The van der Waals surface area contributed by atoms with E-state index in [2.05, 4.69) is 5.32 Å². The average molecular weight is 376 g/mol. The van der Waals surface area contributed by atoms with Crippen molar-refractivity contribution in [2.24, 2.45) is 7.05 Å². The summed E-state index contributed by atoms with van der Waals surface area (Å²) in [5.41, 5.74) is 1.75. The van der Waals surface area contributed by atoms with Crippen LogP contribution in [-0.4, -0.2) is 21.4 Å². The molecule has 3 rings (SSSR count). The summed E-state index contributed by atoms with van der Waals surface area (Å²) >= 11 is 0. The van der Waals surface area contributed by atoms with Gasteiger partial charge >= 0.3 is 0 Å². The number of hydrogen-bond donors (Lipinski definition) is 1. The van der Waals surface area contributed by atoms with Crippen molar-refractivity contribution in [2.75, 3.05) is 5.32 Å². The van der Waals surface area contributed by atoms with Gasteiger partial charge in [0, 0.05) is 7.05 Å². The van der Waals surface area contributed by atoms with Gasteiger partial charge in [0.05, 0.1) is 23.0 Å². The van der Waals surface area contributed by atoms with E-state index in [0.29, 0.717) is 22.7 Å². The lowest BCUT2D eigenvalue weighted by Gasteiger charge is -2.14. The Labute approximate surface area is 162 Å². The van der Waals surface area contributed by atoms with Crippen molar-refractivity contribution in [3.05, 3.63) is 76.2 Å². The number of rotatable bonds is 5. The Balaban J connectivity index is 1.80. The molecule has 0 spiro atoms.